The number of carbonyl (C=O) groups is 1. The van der Waals surface area contributed by atoms with Crippen LogP contribution in [0.15, 0.2) is 28.8 Å². The molecule has 0 bridgehead atoms. The molecule has 1 aliphatic rings. The fourth-order valence-electron chi connectivity index (χ4n) is 3.00. The summed E-state index contributed by atoms with van der Waals surface area (Å²) in [7, 11) is 0. The van der Waals surface area contributed by atoms with Crippen LogP contribution < -0.4 is 15.4 Å². The number of nitrogens with zero attached hydrogens (tertiary/aromatic N) is 1. The molecule has 8 heteroatoms. The molecular formula is C17H19F2N3O3. The molecule has 2 amide bonds. The van der Waals surface area contributed by atoms with E-state index in [1.807, 2.05) is 0 Å². The molecule has 1 atom stereocenters. The first-order valence-corrected chi connectivity index (χ1v) is 8.05. The topological polar surface area (TPSA) is 76.4 Å². The summed E-state index contributed by atoms with van der Waals surface area (Å²) in [4.78, 5) is 12.1. The van der Waals surface area contributed by atoms with Gasteiger partial charge in [0.25, 0.3) is 0 Å². The second kappa shape index (κ2) is 7.50. The first-order chi connectivity index (χ1) is 12.0. The van der Waals surface area contributed by atoms with Crippen LogP contribution in [0.3, 0.4) is 0 Å². The minimum atomic E-state index is -2.85. The molecule has 1 aromatic heterocycles. The maximum absolute atomic E-state index is 12.3. The Morgan fingerprint density at radius 1 is 1.44 bits per heavy atom. The van der Waals surface area contributed by atoms with Crippen molar-refractivity contribution in [2.24, 2.45) is 0 Å². The number of amides is 2. The molecule has 6 nitrogen and oxygen atoms in total. The number of urea groups is 1. The van der Waals surface area contributed by atoms with Crippen LogP contribution in [-0.2, 0) is 13.0 Å². The van der Waals surface area contributed by atoms with E-state index in [0.29, 0.717) is 11.5 Å². The van der Waals surface area contributed by atoms with Gasteiger partial charge in [-0.1, -0.05) is 11.2 Å². The summed E-state index contributed by atoms with van der Waals surface area (Å²) in [6.07, 6.45) is 2.42. The second-order valence-electron chi connectivity index (χ2n) is 5.94. The number of aryl methyl sites for hydroxylation is 2. The van der Waals surface area contributed by atoms with Crippen LogP contribution in [0.4, 0.5) is 13.6 Å². The number of hydrogen-bond donors (Lipinski definition) is 2. The highest BCUT2D eigenvalue weighted by molar-refractivity contribution is 5.74. The van der Waals surface area contributed by atoms with Crippen molar-refractivity contribution in [1.29, 1.82) is 0 Å². The van der Waals surface area contributed by atoms with Crippen molar-refractivity contribution in [3.8, 4) is 5.75 Å². The number of aromatic nitrogens is 1. The molecule has 1 aliphatic carbocycles. The van der Waals surface area contributed by atoms with Crippen molar-refractivity contribution < 1.29 is 22.8 Å². The lowest BCUT2D eigenvalue weighted by Gasteiger charge is -2.27. The summed E-state index contributed by atoms with van der Waals surface area (Å²) in [5, 5.41) is 9.46. The third-order valence-electron chi connectivity index (χ3n) is 4.07. The zero-order valence-electron chi connectivity index (χ0n) is 13.7. The van der Waals surface area contributed by atoms with Gasteiger partial charge in [0.05, 0.1) is 12.6 Å². The molecule has 0 unspecified atom stereocenters. The molecule has 1 aromatic carbocycles. The van der Waals surface area contributed by atoms with E-state index in [0.717, 1.165) is 30.4 Å². The van der Waals surface area contributed by atoms with Crippen LogP contribution in [0, 0.1) is 6.92 Å². The van der Waals surface area contributed by atoms with Crippen molar-refractivity contribution in [3.63, 3.8) is 0 Å². The van der Waals surface area contributed by atoms with E-state index in [2.05, 4.69) is 20.5 Å². The normalized spacial score (nSPS) is 16.4. The van der Waals surface area contributed by atoms with E-state index in [4.69, 9.17) is 4.52 Å². The lowest BCUT2D eigenvalue weighted by molar-refractivity contribution is -0.0499. The molecule has 0 fully saturated rings. The van der Waals surface area contributed by atoms with E-state index in [1.165, 1.54) is 6.07 Å². The number of fused-ring (bicyclic) bond motifs is 1. The minimum absolute atomic E-state index is 0.139. The van der Waals surface area contributed by atoms with Gasteiger partial charge in [0.1, 0.15) is 17.2 Å². The Morgan fingerprint density at radius 2 is 2.28 bits per heavy atom. The van der Waals surface area contributed by atoms with Gasteiger partial charge in [0.2, 0.25) is 0 Å². The molecule has 1 heterocycles. The van der Waals surface area contributed by atoms with Crippen LogP contribution in [0.5, 0.6) is 5.75 Å². The Balaban J connectivity index is 1.61. The SMILES string of the molecule is Cc1cc(CNC(=O)N[C@@H]2CCCc3cc(OC(F)F)ccc32)no1. The Bertz CT molecular complexity index is 748. The number of nitrogens with one attached hydrogen (secondary N) is 2. The highest BCUT2D eigenvalue weighted by Gasteiger charge is 2.22. The largest absolute Gasteiger partial charge is 0.435 e. The van der Waals surface area contributed by atoms with Gasteiger partial charge < -0.3 is 19.9 Å². The van der Waals surface area contributed by atoms with Gasteiger partial charge in [-0.3, -0.25) is 0 Å². The third kappa shape index (κ3) is 4.46. The highest BCUT2D eigenvalue weighted by atomic mass is 19.3. The molecule has 25 heavy (non-hydrogen) atoms. The predicted octanol–water partition coefficient (Wildman–Crippen LogP) is 3.46. The maximum atomic E-state index is 12.3. The molecular weight excluding hydrogens is 332 g/mol. The van der Waals surface area contributed by atoms with Crippen molar-refractivity contribution >= 4 is 6.03 Å². The molecule has 0 spiro atoms. The van der Waals surface area contributed by atoms with E-state index < -0.39 is 6.61 Å². The predicted molar refractivity (Wildman–Crippen MR) is 85.4 cm³/mol. The van der Waals surface area contributed by atoms with Gasteiger partial charge in [-0.25, -0.2) is 4.79 Å². The number of halogens is 2. The van der Waals surface area contributed by atoms with Crippen molar-refractivity contribution in [2.75, 3.05) is 0 Å². The Labute approximate surface area is 143 Å². The number of hydrogen-bond acceptors (Lipinski definition) is 4. The minimum Gasteiger partial charge on any atom is -0.435 e. The number of alkyl halides is 2. The summed E-state index contributed by atoms with van der Waals surface area (Å²) in [5.41, 5.74) is 2.49. The van der Waals surface area contributed by atoms with Crippen LogP contribution in [0.1, 0.15) is 41.5 Å². The number of benzene rings is 1. The summed E-state index contributed by atoms with van der Waals surface area (Å²) < 4.78 is 34.0. The van der Waals surface area contributed by atoms with Crippen LogP contribution >= 0.6 is 0 Å². The number of ether oxygens (including phenoxy) is 1. The molecule has 0 radical (unpaired) electrons. The smallest absolute Gasteiger partial charge is 0.387 e. The summed E-state index contributed by atoms with van der Waals surface area (Å²) >= 11 is 0. The Kier molecular flexibility index (Phi) is 5.16. The molecule has 134 valence electrons. The standard InChI is InChI=1S/C17H19F2N3O3/c1-10-7-12(22-25-10)9-20-17(23)21-15-4-2-3-11-8-13(24-16(18)19)5-6-14(11)15/h5-8,15-16H,2-4,9H2,1H3,(H2,20,21,23)/t15-/m1/s1. The fourth-order valence-corrected chi connectivity index (χ4v) is 3.00. The quantitative estimate of drug-likeness (QED) is 0.865. The Hall–Kier alpha value is -2.64. The number of rotatable bonds is 5. The van der Waals surface area contributed by atoms with Crippen LogP contribution in [0.2, 0.25) is 0 Å². The van der Waals surface area contributed by atoms with Gasteiger partial charge in [0.15, 0.2) is 0 Å². The molecule has 3 rings (SSSR count). The van der Waals surface area contributed by atoms with Gasteiger partial charge in [0, 0.05) is 6.07 Å². The maximum Gasteiger partial charge on any atom is 0.387 e. The van der Waals surface area contributed by atoms with E-state index in [1.54, 1.807) is 25.1 Å². The molecule has 2 aromatic rings. The first kappa shape index (κ1) is 17.2. The molecule has 0 saturated carbocycles. The van der Waals surface area contributed by atoms with Gasteiger partial charge in [-0.2, -0.15) is 8.78 Å². The van der Waals surface area contributed by atoms with Crippen LogP contribution in [0.25, 0.3) is 0 Å². The second-order valence-corrected chi connectivity index (χ2v) is 5.94. The van der Waals surface area contributed by atoms with Crippen molar-refractivity contribution in [3.05, 3.63) is 46.8 Å². The summed E-state index contributed by atoms with van der Waals surface area (Å²) in [6.45, 7) is -0.799. The van der Waals surface area contributed by atoms with Gasteiger partial charge in [-0.05, 0) is 49.4 Å². The summed E-state index contributed by atoms with van der Waals surface area (Å²) in [6, 6.07) is 6.13. The average Bonchev–Trinajstić information content (AvgIpc) is 2.98. The van der Waals surface area contributed by atoms with E-state index in [9.17, 15) is 13.6 Å². The molecule has 2 N–H and O–H groups in total. The number of carbonyl (C=O) groups excluding carboxylic acids is 1. The fraction of sp³-hybridized carbons (Fsp3) is 0.412. The van der Waals surface area contributed by atoms with Crippen molar-refractivity contribution in [2.45, 2.75) is 45.4 Å². The first-order valence-electron chi connectivity index (χ1n) is 8.05. The molecule has 0 saturated heterocycles. The van der Waals surface area contributed by atoms with Crippen molar-refractivity contribution in [1.82, 2.24) is 15.8 Å². The van der Waals surface area contributed by atoms with E-state index in [-0.39, 0.29) is 24.4 Å². The zero-order valence-corrected chi connectivity index (χ0v) is 13.7. The lowest BCUT2D eigenvalue weighted by atomic mass is 9.87. The zero-order chi connectivity index (χ0) is 17.8. The third-order valence-corrected chi connectivity index (χ3v) is 4.07. The molecule has 0 aliphatic heterocycles. The summed E-state index contributed by atoms with van der Waals surface area (Å²) in [5.74, 6) is 0.820. The van der Waals surface area contributed by atoms with Gasteiger partial charge in [-0.15, -0.1) is 0 Å². The van der Waals surface area contributed by atoms with E-state index >= 15 is 0 Å². The van der Waals surface area contributed by atoms with Gasteiger partial charge >= 0.3 is 12.6 Å². The average molecular weight is 351 g/mol. The van der Waals surface area contributed by atoms with Crippen LogP contribution in [-0.4, -0.2) is 17.8 Å². The monoisotopic (exact) mass is 351 g/mol. The Morgan fingerprint density at radius 3 is 3.00 bits per heavy atom. The highest BCUT2D eigenvalue weighted by Crippen LogP contribution is 2.32. The lowest BCUT2D eigenvalue weighted by Crippen LogP contribution is -2.38.